The highest BCUT2D eigenvalue weighted by molar-refractivity contribution is 9.10. The van der Waals surface area contributed by atoms with Crippen LogP contribution >= 0.6 is 15.9 Å². The smallest absolute Gasteiger partial charge is 0.166 e. The topological polar surface area (TPSA) is 46.1 Å². The highest BCUT2D eigenvalue weighted by Crippen LogP contribution is 2.23. The molecule has 2 unspecified atom stereocenters. The van der Waals surface area contributed by atoms with Gasteiger partial charge in [-0.1, -0.05) is 6.82 Å². The van der Waals surface area contributed by atoms with Gasteiger partial charge in [0.2, 0.25) is 0 Å². The minimum absolute atomic E-state index is 0.765. The molecule has 2 nitrogen and oxygen atoms in total. The molecule has 0 aliphatic heterocycles. The maximum atomic E-state index is 11.5. The zero-order chi connectivity index (χ0) is 11.6. The Bertz CT molecular complexity index is 358. The van der Waals surface area contributed by atoms with Crippen molar-refractivity contribution in [1.82, 2.24) is 0 Å². The molecule has 0 bridgehead atoms. The molecule has 2 atom stereocenters. The van der Waals surface area contributed by atoms with E-state index in [-0.39, 0.29) is 0 Å². The van der Waals surface area contributed by atoms with Gasteiger partial charge in [-0.25, -0.2) is 0 Å². The third kappa shape index (κ3) is 3.17. The van der Waals surface area contributed by atoms with Crippen LogP contribution in [0.4, 0.5) is 0 Å². The van der Waals surface area contributed by atoms with Crippen LogP contribution < -0.4 is 5.46 Å². The molecule has 0 N–H and O–H groups in total. The van der Waals surface area contributed by atoms with E-state index in [1.807, 2.05) is 19.0 Å². The molecule has 0 heterocycles. The third-order valence-electron chi connectivity index (χ3n) is 2.12. The van der Waals surface area contributed by atoms with E-state index in [1.54, 1.807) is 12.5 Å². The van der Waals surface area contributed by atoms with Crippen molar-refractivity contribution in [2.45, 2.75) is 16.6 Å². The summed E-state index contributed by atoms with van der Waals surface area (Å²) in [4.78, 5) is 1.58. The Labute approximate surface area is 106 Å². The van der Waals surface area contributed by atoms with Gasteiger partial charge in [0, 0.05) is 6.07 Å². The number of hydrogen-bond acceptors (Lipinski definition) is 2. The summed E-state index contributed by atoms with van der Waals surface area (Å²) in [6, 6.07) is 3.68. The van der Waals surface area contributed by atoms with Crippen molar-refractivity contribution in [3.63, 3.8) is 0 Å². The molecule has 0 aliphatic carbocycles. The van der Waals surface area contributed by atoms with Crippen LogP contribution in [0.2, 0.25) is 6.82 Å². The summed E-state index contributed by atoms with van der Waals surface area (Å²) in [5.74, 6) is 0. The van der Waals surface area contributed by atoms with E-state index in [9.17, 15) is 9.11 Å². The molecule has 0 spiro atoms. The quantitative estimate of drug-likeness (QED) is 0.618. The van der Waals surface area contributed by atoms with E-state index in [1.165, 1.54) is 0 Å². The summed E-state index contributed by atoms with van der Waals surface area (Å²) in [6.45, 7) is 2.00. The summed E-state index contributed by atoms with van der Waals surface area (Å²) >= 11 is 1.33. The summed E-state index contributed by atoms with van der Waals surface area (Å²) in [5.41, 5.74) is 1.00. The molecule has 1 rings (SSSR count). The van der Waals surface area contributed by atoms with Crippen LogP contribution in [0.25, 0.3) is 0 Å². The molecule has 15 heavy (non-hydrogen) atoms. The van der Waals surface area contributed by atoms with Crippen LogP contribution in [0.5, 0.6) is 0 Å². The van der Waals surface area contributed by atoms with Crippen LogP contribution in [0.15, 0.2) is 26.4 Å². The first kappa shape index (κ1) is 13.4. The van der Waals surface area contributed by atoms with Crippen LogP contribution in [-0.4, -0.2) is 28.9 Å². The van der Waals surface area contributed by atoms with Gasteiger partial charge in [0.25, 0.3) is 0 Å². The number of benzene rings is 1. The Morgan fingerprint density at radius 3 is 2.07 bits per heavy atom. The van der Waals surface area contributed by atoms with Crippen molar-refractivity contribution in [2.24, 2.45) is 0 Å². The summed E-state index contributed by atoms with van der Waals surface area (Å²) in [5, 5.41) is 0. The van der Waals surface area contributed by atoms with Gasteiger partial charge >= 0.3 is 0 Å². The molecule has 0 saturated carbocycles. The van der Waals surface area contributed by atoms with Crippen molar-refractivity contribution in [3.8, 4) is 0 Å². The van der Waals surface area contributed by atoms with Crippen molar-refractivity contribution in [1.29, 1.82) is 0 Å². The predicted octanol–water partition coefficient (Wildman–Crippen LogP) is 1.03. The molecule has 82 valence electrons. The lowest BCUT2D eigenvalue weighted by Crippen LogP contribution is -2.21. The van der Waals surface area contributed by atoms with Gasteiger partial charge in [0.05, 0.1) is 4.47 Å². The Hall–Kier alpha value is 0.385. The van der Waals surface area contributed by atoms with Gasteiger partial charge in [-0.3, -0.25) is 0 Å². The molecule has 6 heteroatoms. The second kappa shape index (κ2) is 5.64. The first-order valence-corrected chi connectivity index (χ1v) is 8.37. The Kier molecular flexibility index (Phi) is 5.05. The molecule has 0 fully saturated rings. The van der Waals surface area contributed by atoms with Gasteiger partial charge in [0.1, 0.15) is 17.4 Å². The van der Waals surface area contributed by atoms with Crippen LogP contribution in [0, 0.1) is 0 Å². The SMILES string of the molecule is CBc1cc([S+](C)[O-])c(Br)cc1[S+](C)[O-]. The largest absolute Gasteiger partial charge is 0.612 e. The van der Waals surface area contributed by atoms with Gasteiger partial charge in [-0.15, -0.1) is 0 Å². The molecule has 0 saturated heterocycles. The van der Waals surface area contributed by atoms with E-state index in [0.717, 1.165) is 27.0 Å². The average molecular weight is 307 g/mol. The molecule has 0 radical (unpaired) electrons. The van der Waals surface area contributed by atoms with Crippen LogP contribution in [0.3, 0.4) is 0 Å². The average Bonchev–Trinajstić information content (AvgIpc) is 2.16. The predicted molar refractivity (Wildman–Crippen MR) is 71.5 cm³/mol. The lowest BCUT2D eigenvalue weighted by atomic mass is 9.73. The van der Waals surface area contributed by atoms with Gasteiger partial charge in [-0.2, -0.15) is 0 Å². The summed E-state index contributed by atoms with van der Waals surface area (Å²) in [6.07, 6.45) is 3.30. The zero-order valence-electron chi connectivity index (χ0n) is 8.87. The van der Waals surface area contributed by atoms with Gasteiger partial charge in [0.15, 0.2) is 12.2 Å². The Morgan fingerprint density at radius 2 is 1.67 bits per heavy atom. The van der Waals surface area contributed by atoms with Crippen molar-refractivity contribution >= 4 is 51.0 Å². The molecular weight excluding hydrogens is 295 g/mol. The third-order valence-corrected chi connectivity index (χ3v) is 4.99. The minimum Gasteiger partial charge on any atom is -0.612 e. The van der Waals surface area contributed by atoms with E-state index < -0.39 is 22.4 Å². The first-order valence-electron chi connectivity index (χ1n) is 4.46. The van der Waals surface area contributed by atoms with Crippen LogP contribution in [0.1, 0.15) is 0 Å². The van der Waals surface area contributed by atoms with Crippen molar-refractivity contribution in [3.05, 3.63) is 16.6 Å². The standard InChI is InChI=1S/C9H12BBrO2S2/c1-10-6-4-9(15(3)13)7(11)5-8(6)14(2)12/h4-5,10H,1-3H3. The normalized spacial score (nSPS) is 14.8. The highest BCUT2D eigenvalue weighted by atomic mass is 79.9. The maximum Gasteiger partial charge on any atom is 0.166 e. The van der Waals surface area contributed by atoms with Gasteiger partial charge < -0.3 is 9.11 Å². The van der Waals surface area contributed by atoms with E-state index in [4.69, 9.17) is 0 Å². The lowest BCUT2D eigenvalue weighted by molar-refractivity contribution is 0.598. The Morgan fingerprint density at radius 1 is 1.13 bits per heavy atom. The summed E-state index contributed by atoms with van der Waals surface area (Å²) in [7, 11) is 0.798. The molecular formula is C9H12BBrO2S2. The molecule has 1 aromatic carbocycles. The van der Waals surface area contributed by atoms with Crippen molar-refractivity contribution < 1.29 is 9.11 Å². The lowest BCUT2D eigenvalue weighted by Gasteiger charge is -2.13. The summed E-state index contributed by atoms with van der Waals surface area (Å²) < 4.78 is 23.7. The maximum absolute atomic E-state index is 11.5. The number of hydrogen-bond donors (Lipinski definition) is 0. The second-order valence-corrected chi connectivity index (χ2v) is 6.70. The molecule has 1 aromatic rings. The monoisotopic (exact) mass is 306 g/mol. The van der Waals surface area contributed by atoms with Gasteiger partial charge in [-0.05, 0) is 49.8 Å². The fraction of sp³-hybridized carbons (Fsp3) is 0.333. The van der Waals surface area contributed by atoms with E-state index in [0.29, 0.717) is 0 Å². The first-order chi connectivity index (χ1) is 6.97. The number of rotatable bonds is 3. The molecule has 0 aromatic heterocycles. The zero-order valence-corrected chi connectivity index (χ0v) is 12.1. The molecule has 0 amide bonds. The molecule has 0 aliphatic rings. The number of halogens is 1. The van der Waals surface area contributed by atoms with E-state index in [2.05, 4.69) is 15.9 Å². The van der Waals surface area contributed by atoms with E-state index >= 15 is 0 Å². The fourth-order valence-corrected chi connectivity index (χ4v) is 4.02. The highest BCUT2D eigenvalue weighted by Gasteiger charge is 2.18. The minimum atomic E-state index is -1.02. The Balaban J connectivity index is 3.29. The van der Waals surface area contributed by atoms with Crippen molar-refractivity contribution in [2.75, 3.05) is 12.5 Å². The van der Waals surface area contributed by atoms with Crippen LogP contribution in [-0.2, 0) is 22.4 Å². The second-order valence-electron chi connectivity index (χ2n) is 3.15. The fourth-order valence-electron chi connectivity index (χ4n) is 1.34.